The topological polar surface area (TPSA) is 37.3 Å². The highest BCUT2D eigenvalue weighted by molar-refractivity contribution is 9.10. The average Bonchev–Trinajstić information content (AvgIpc) is 2.19. The van der Waals surface area contributed by atoms with Gasteiger partial charge in [0.1, 0.15) is 4.83 Å². The van der Waals surface area contributed by atoms with Crippen molar-refractivity contribution in [1.29, 1.82) is 0 Å². The number of hydrogen-bond acceptors (Lipinski definition) is 1. The molecule has 0 saturated heterocycles. The van der Waals surface area contributed by atoms with Gasteiger partial charge in [0.15, 0.2) is 0 Å². The standard InChI is InChI=1S/C11H13BrO2/c1-8(7-10(12)11(13)14)9-5-3-2-4-6-9/h2-6,8,10H,7H2,1H3,(H,13,14). The first kappa shape index (κ1) is 11.2. The smallest absolute Gasteiger partial charge is 0.317 e. The van der Waals surface area contributed by atoms with Crippen LogP contribution < -0.4 is 0 Å². The van der Waals surface area contributed by atoms with E-state index >= 15 is 0 Å². The molecule has 0 amide bonds. The van der Waals surface area contributed by atoms with Crippen molar-refractivity contribution in [2.45, 2.75) is 24.1 Å². The zero-order chi connectivity index (χ0) is 10.6. The third-order valence-electron chi connectivity index (χ3n) is 2.20. The second-order valence-electron chi connectivity index (χ2n) is 3.35. The van der Waals surface area contributed by atoms with Gasteiger partial charge in [-0.3, -0.25) is 4.79 Å². The van der Waals surface area contributed by atoms with Gasteiger partial charge in [-0.15, -0.1) is 0 Å². The van der Waals surface area contributed by atoms with Gasteiger partial charge in [-0.05, 0) is 17.9 Å². The van der Waals surface area contributed by atoms with E-state index in [1.807, 2.05) is 37.3 Å². The third kappa shape index (κ3) is 3.14. The van der Waals surface area contributed by atoms with Crippen molar-refractivity contribution in [2.75, 3.05) is 0 Å². The fourth-order valence-corrected chi connectivity index (χ4v) is 1.89. The molecule has 1 aromatic rings. The molecule has 0 bridgehead atoms. The van der Waals surface area contributed by atoms with Crippen LogP contribution in [0.15, 0.2) is 30.3 Å². The first-order valence-electron chi connectivity index (χ1n) is 4.53. The SMILES string of the molecule is CC(CC(Br)C(=O)O)c1ccccc1. The lowest BCUT2D eigenvalue weighted by molar-refractivity contribution is -0.136. The van der Waals surface area contributed by atoms with E-state index in [1.165, 1.54) is 5.56 Å². The molecular formula is C11H13BrO2. The van der Waals surface area contributed by atoms with Crippen LogP contribution in [-0.4, -0.2) is 15.9 Å². The highest BCUT2D eigenvalue weighted by atomic mass is 79.9. The number of alkyl halides is 1. The average molecular weight is 257 g/mol. The summed E-state index contributed by atoms with van der Waals surface area (Å²) in [4.78, 5) is 10.2. The van der Waals surface area contributed by atoms with Crippen LogP contribution in [0.25, 0.3) is 0 Å². The normalized spacial score (nSPS) is 14.7. The zero-order valence-electron chi connectivity index (χ0n) is 7.98. The lowest BCUT2D eigenvalue weighted by atomic mass is 9.96. The van der Waals surface area contributed by atoms with Gasteiger partial charge in [0.25, 0.3) is 0 Å². The Morgan fingerprint density at radius 3 is 2.50 bits per heavy atom. The molecule has 0 spiro atoms. The molecule has 76 valence electrons. The minimum Gasteiger partial charge on any atom is -0.480 e. The number of halogens is 1. The fourth-order valence-electron chi connectivity index (χ4n) is 1.33. The van der Waals surface area contributed by atoms with Crippen molar-refractivity contribution in [3.8, 4) is 0 Å². The van der Waals surface area contributed by atoms with E-state index in [9.17, 15) is 4.79 Å². The van der Waals surface area contributed by atoms with E-state index in [-0.39, 0.29) is 5.92 Å². The summed E-state index contributed by atoms with van der Waals surface area (Å²) in [7, 11) is 0. The Balaban J connectivity index is 2.59. The highest BCUT2D eigenvalue weighted by Gasteiger charge is 2.17. The molecule has 0 heterocycles. The van der Waals surface area contributed by atoms with Crippen molar-refractivity contribution in [2.24, 2.45) is 0 Å². The zero-order valence-corrected chi connectivity index (χ0v) is 9.57. The van der Waals surface area contributed by atoms with E-state index in [0.29, 0.717) is 6.42 Å². The highest BCUT2D eigenvalue weighted by Crippen LogP contribution is 2.23. The van der Waals surface area contributed by atoms with E-state index in [4.69, 9.17) is 5.11 Å². The van der Waals surface area contributed by atoms with E-state index < -0.39 is 10.8 Å². The Labute approximate surface area is 92.1 Å². The molecule has 1 aromatic carbocycles. The van der Waals surface area contributed by atoms with E-state index in [0.717, 1.165) is 0 Å². The predicted molar refractivity (Wildman–Crippen MR) is 59.8 cm³/mol. The second-order valence-corrected chi connectivity index (χ2v) is 4.46. The molecule has 3 heteroatoms. The molecule has 14 heavy (non-hydrogen) atoms. The van der Waals surface area contributed by atoms with Crippen LogP contribution in [0.2, 0.25) is 0 Å². The monoisotopic (exact) mass is 256 g/mol. The number of rotatable bonds is 4. The number of carbonyl (C=O) groups is 1. The maximum Gasteiger partial charge on any atom is 0.317 e. The number of carboxylic acids is 1. The van der Waals surface area contributed by atoms with Crippen molar-refractivity contribution >= 4 is 21.9 Å². The molecule has 2 atom stereocenters. The van der Waals surface area contributed by atoms with E-state index in [2.05, 4.69) is 15.9 Å². The van der Waals surface area contributed by atoms with Crippen LogP contribution in [0.3, 0.4) is 0 Å². The summed E-state index contributed by atoms with van der Waals surface area (Å²) in [5.74, 6) is -0.538. The molecule has 1 rings (SSSR count). The Morgan fingerprint density at radius 2 is 2.00 bits per heavy atom. The van der Waals surface area contributed by atoms with Crippen molar-refractivity contribution in [3.63, 3.8) is 0 Å². The Bertz CT molecular complexity index is 297. The van der Waals surface area contributed by atoms with Crippen LogP contribution in [0.5, 0.6) is 0 Å². The van der Waals surface area contributed by atoms with Gasteiger partial charge in [0, 0.05) is 0 Å². The predicted octanol–water partition coefficient (Wildman–Crippen LogP) is 3.03. The summed E-state index contributed by atoms with van der Waals surface area (Å²) in [5, 5.41) is 8.73. The van der Waals surface area contributed by atoms with Crippen molar-refractivity contribution < 1.29 is 9.90 Å². The van der Waals surface area contributed by atoms with Gasteiger partial charge in [-0.25, -0.2) is 0 Å². The number of aliphatic carboxylic acids is 1. The molecule has 2 unspecified atom stereocenters. The summed E-state index contributed by atoms with van der Waals surface area (Å²) < 4.78 is 0. The summed E-state index contributed by atoms with van der Waals surface area (Å²) in [5.41, 5.74) is 1.18. The summed E-state index contributed by atoms with van der Waals surface area (Å²) in [6, 6.07) is 9.93. The molecule has 0 aliphatic heterocycles. The largest absolute Gasteiger partial charge is 0.480 e. The van der Waals surface area contributed by atoms with Crippen LogP contribution in [0.4, 0.5) is 0 Å². The lowest BCUT2D eigenvalue weighted by Gasteiger charge is -2.13. The fraction of sp³-hybridized carbons (Fsp3) is 0.364. The van der Waals surface area contributed by atoms with Crippen LogP contribution in [0, 0.1) is 0 Å². The minimum atomic E-state index is -0.798. The Morgan fingerprint density at radius 1 is 1.43 bits per heavy atom. The number of carboxylic acid groups (broad SMARTS) is 1. The minimum absolute atomic E-state index is 0.261. The molecule has 0 aliphatic carbocycles. The van der Waals surface area contributed by atoms with Crippen LogP contribution in [0.1, 0.15) is 24.8 Å². The van der Waals surface area contributed by atoms with Crippen LogP contribution in [-0.2, 0) is 4.79 Å². The lowest BCUT2D eigenvalue weighted by Crippen LogP contribution is -2.15. The molecule has 0 fully saturated rings. The summed E-state index contributed by atoms with van der Waals surface area (Å²) in [6.45, 7) is 2.03. The van der Waals surface area contributed by atoms with Crippen molar-refractivity contribution in [1.82, 2.24) is 0 Å². The van der Waals surface area contributed by atoms with Gasteiger partial charge in [0.05, 0.1) is 0 Å². The Hall–Kier alpha value is -0.830. The molecule has 0 radical (unpaired) electrons. The summed E-state index contributed by atoms with van der Waals surface area (Å²) in [6.07, 6.45) is 0.610. The van der Waals surface area contributed by atoms with Crippen molar-refractivity contribution in [3.05, 3.63) is 35.9 Å². The number of hydrogen-bond donors (Lipinski definition) is 1. The molecule has 0 saturated carbocycles. The third-order valence-corrected chi connectivity index (χ3v) is 2.96. The quantitative estimate of drug-likeness (QED) is 0.842. The van der Waals surface area contributed by atoms with Gasteiger partial charge in [-0.1, -0.05) is 53.2 Å². The van der Waals surface area contributed by atoms with Gasteiger partial charge < -0.3 is 5.11 Å². The van der Waals surface area contributed by atoms with Gasteiger partial charge >= 0.3 is 5.97 Å². The first-order valence-corrected chi connectivity index (χ1v) is 5.44. The van der Waals surface area contributed by atoms with Gasteiger partial charge in [0.2, 0.25) is 0 Å². The Kier molecular flexibility index (Phi) is 4.14. The molecular weight excluding hydrogens is 244 g/mol. The maximum absolute atomic E-state index is 10.6. The van der Waals surface area contributed by atoms with E-state index in [1.54, 1.807) is 0 Å². The van der Waals surface area contributed by atoms with Crippen LogP contribution >= 0.6 is 15.9 Å². The number of benzene rings is 1. The molecule has 2 nitrogen and oxygen atoms in total. The molecule has 1 N–H and O–H groups in total. The van der Waals surface area contributed by atoms with Gasteiger partial charge in [-0.2, -0.15) is 0 Å². The molecule has 0 aliphatic rings. The summed E-state index contributed by atoms with van der Waals surface area (Å²) >= 11 is 3.14. The first-order chi connectivity index (χ1) is 6.61. The molecule has 0 aromatic heterocycles. The second kappa shape index (κ2) is 5.15. The maximum atomic E-state index is 10.6.